The molecule has 0 saturated carbocycles. The molecule has 3 rings (SSSR count). The summed E-state index contributed by atoms with van der Waals surface area (Å²) in [6, 6.07) is 25.5. The molecule has 0 atom stereocenters. The summed E-state index contributed by atoms with van der Waals surface area (Å²) in [7, 11) is -1.46. The first-order chi connectivity index (χ1) is 11.2. The Morgan fingerprint density at radius 1 is 0.783 bits per heavy atom. The van der Waals surface area contributed by atoms with E-state index in [-0.39, 0.29) is 0 Å². The molecule has 2 aromatic carbocycles. The van der Waals surface area contributed by atoms with Gasteiger partial charge in [0.1, 0.15) is 0 Å². The molecule has 0 radical (unpaired) electrons. The third kappa shape index (κ3) is 2.84. The van der Waals surface area contributed by atoms with Crippen LogP contribution in [0.25, 0.3) is 22.2 Å². The van der Waals surface area contributed by atoms with Gasteiger partial charge in [-0.15, -0.1) is 0 Å². The lowest BCUT2D eigenvalue weighted by molar-refractivity contribution is 1.20. The monoisotopic (exact) mass is 319 g/mol. The van der Waals surface area contributed by atoms with Crippen molar-refractivity contribution in [3.8, 4) is 11.3 Å². The Morgan fingerprint density at radius 3 is 2.04 bits per heavy atom. The van der Waals surface area contributed by atoms with Crippen LogP contribution in [0.4, 0.5) is 0 Å². The molecule has 1 nitrogen and oxygen atoms in total. The Hall–Kier alpha value is -1.93. The molecule has 3 aromatic rings. The van der Waals surface area contributed by atoms with E-state index in [0.29, 0.717) is 0 Å². The van der Waals surface area contributed by atoms with E-state index in [4.69, 9.17) is 4.98 Å². The zero-order chi connectivity index (χ0) is 16.3. The van der Waals surface area contributed by atoms with Crippen LogP contribution in [0.5, 0.6) is 0 Å². The maximum absolute atomic E-state index is 4.94. The average Bonchev–Trinajstić information content (AvgIpc) is 2.64. The molecule has 2 heteroatoms. The first kappa shape index (κ1) is 15.9. The van der Waals surface area contributed by atoms with Crippen LogP contribution < -0.4 is 5.19 Å². The van der Waals surface area contributed by atoms with Crippen molar-refractivity contribution in [3.05, 3.63) is 60.7 Å². The minimum absolute atomic E-state index is 1.12. The van der Waals surface area contributed by atoms with Crippen LogP contribution in [-0.2, 0) is 0 Å². The summed E-state index contributed by atoms with van der Waals surface area (Å²) in [5.74, 6) is 0. The van der Waals surface area contributed by atoms with E-state index in [9.17, 15) is 0 Å². The minimum Gasteiger partial charge on any atom is -0.248 e. The molecule has 0 fully saturated rings. The van der Waals surface area contributed by atoms with Gasteiger partial charge in [-0.25, -0.2) is 4.98 Å². The van der Waals surface area contributed by atoms with E-state index in [1.165, 1.54) is 29.1 Å². The quantitative estimate of drug-likeness (QED) is 0.556. The van der Waals surface area contributed by atoms with Crippen molar-refractivity contribution < 1.29 is 0 Å². The number of fused-ring (bicyclic) bond motifs is 1. The molecular formula is C21H25NSi. The largest absolute Gasteiger partial charge is 0.248 e. The highest BCUT2D eigenvalue weighted by Gasteiger charge is 2.31. The average molecular weight is 320 g/mol. The second kappa shape index (κ2) is 6.67. The molecular weight excluding hydrogens is 294 g/mol. The molecule has 1 heterocycles. The predicted octanol–water partition coefficient (Wildman–Crippen LogP) is 5.62. The molecule has 0 spiro atoms. The van der Waals surface area contributed by atoms with Gasteiger partial charge >= 0.3 is 0 Å². The maximum Gasteiger partial charge on any atom is 0.0869 e. The molecule has 23 heavy (non-hydrogen) atoms. The number of benzene rings is 2. The van der Waals surface area contributed by atoms with Crippen LogP contribution in [0.1, 0.15) is 20.8 Å². The molecule has 0 aliphatic carbocycles. The number of para-hydroxylation sites is 1. The first-order valence-corrected chi connectivity index (χ1v) is 11.3. The summed E-state index contributed by atoms with van der Waals surface area (Å²) < 4.78 is 0. The number of hydrogen-bond acceptors (Lipinski definition) is 1. The van der Waals surface area contributed by atoms with Crippen LogP contribution >= 0.6 is 0 Å². The SMILES string of the molecule is CC[Si](CC)(CC)c1cc(-c2ccccc2)nc2ccccc12. The van der Waals surface area contributed by atoms with Crippen LogP contribution in [0.15, 0.2) is 60.7 Å². The van der Waals surface area contributed by atoms with Crippen molar-refractivity contribution in [2.24, 2.45) is 0 Å². The number of rotatable bonds is 5. The fraction of sp³-hybridized carbons (Fsp3) is 0.286. The van der Waals surface area contributed by atoms with Gasteiger partial charge in [0.05, 0.1) is 19.3 Å². The van der Waals surface area contributed by atoms with Crippen molar-refractivity contribution in [2.75, 3.05) is 0 Å². The summed E-state index contributed by atoms with van der Waals surface area (Å²) in [4.78, 5) is 4.94. The van der Waals surface area contributed by atoms with Gasteiger partial charge in [-0.05, 0) is 22.7 Å². The zero-order valence-corrected chi connectivity index (χ0v) is 15.3. The lowest BCUT2D eigenvalue weighted by atomic mass is 10.1. The van der Waals surface area contributed by atoms with Crippen LogP contribution in [0, 0.1) is 0 Å². The second-order valence-corrected chi connectivity index (χ2v) is 11.5. The Kier molecular flexibility index (Phi) is 4.62. The Morgan fingerprint density at radius 2 is 1.39 bits per heavy atom. The van der Waals surface area contributed by atoms with Gasteiger partial charge in [0.15, 0.2) is 0 Å². The highest BCUT2D eigenvalue weighted by atomic mass is 28.3. The second-order valence-electron chi connectivity index (χ2n) is 6.28. The molecule has 0 N–H and O–H groups in total. The number of pyridine rings is 1. The number of nitrogens with zero attached hydrogens (tertiary/aromatic N) is 1. The molecule has 1 aromatic heterocycles. The van der Waals surface area contributed by atoms with Crippen molar-refractivity contribution in [3.63, 3.8) is 0 Å². The van der Waals surface area contributed by atoms with Crippen molar-refractivity contribution in [1.29, 1.82) is 0 Å². The number of hydrogen-bond donors (Lipinski definition) is 0. The number of aromatic nitrogens is 1. The highest BCUT2D eigenvalue weighted by Crippen LogP contribution is 2.27. The van der Waals surface area contributed by atoms with Crippen molar-refractivity contribution in [2.45, 2.75) is 38.9 Å². The maximum atomic E-state index is 4.94. The summed E-state index contributed by atoms with van der Waals surface area (Å²) in [6.45, 7) is 7.11. The van der Waals surface area contributed by atoms with Gasteiger partial charge in [0, 0.05) is 5.56 Å². The molecule has 0 saturated heterocycles. The van der Waals surface area contributed by atoms with E-state index in [0.717, 1.165) is 11.2 Å². The summed E-state index contributed by atoms with van der Waals surface area (Å²) >= 11 is 0. The van der Waals surface area contributed by atoms with Gasteiger partial charge in [0.2, 0.25) is 0 Å². The van der Waals surface area contributed by atoms with Crippen molar-refractivity contribution >= 4 is 24.2 Å². The lowest BCUT2D eigenvalue weighted by Gasteiger charge is -2.30. The van der Waals surface area contributed by atoms with E-state index < -0.39 is 8.07 Å². The van der Waals surface area contributed by atoms with E-state index in [1.807, 2.05) is 0 Å². The fourth-order valence-electron chi connectivity index (χ4n) is 3.69. The first-order valence-electron chi connectivity index (χ1n) is 8.69. The van der Waals surface area contributed by atoms with E-state index in [2.05, 4.69) is 81.4 Å². The third-order valence-corrected chi connectivity index (χ3v) is 11.0. The van der Waals surface area contributed by atoms with E-state index in [1.54, 1.807) is 5.19 Å². The van der Waals surface area contributed by atoms with Crippen molar-refractivity contribution in [1.82, 2.24) is 4.98 Å². The molecule has 0 bridgehead atoms. The lowest BCUT2D eigenvalue weighted by Crippen LogP contribution is -2.46. The molecule has 0 amide bonds. The van der Waals surface area contributed by atoms with Gasteiger partial charge in [-0.3, -0.25) is 0 Å². The van der Waals surface area contributed by atoms with Gasteiger partial charge in [-0.1, -0.05) is 87.4 Å². The molecule has 118 valence electrons. The minimum atomic E-state index is -1.46. The fourth-order valence-corrected chi connectivity index (χ4v) is 7.56. The zero-order valence-electron chi connectivity index (χ0n) is 14.3. The van der Waals surface area contributed by atoms with Gasteiger partial charge in [0.25, 0.3) is 0 Å². The van der Waals surface area contributed by atoms with Crippen LogP contribution in [0.2, 0.25) is 18.1 Å². The topological polar surface area (TPSA) is 12.9 Å². The van der Waals surface area contributed by atoms with Gasteiger partial charge < -0.3 is 0 Å². The Balaban J connectivity index is 2.31. The molecule has 0 unspecified atom stereocenters. The summed E-state index contributed by atoms with van der Waals surface area (Å²) in [6.07, 6.45) is 0. The summed E-state index contributed by atoms with van der Waals surface area (Å²) in [5, 5.41) is 2.96. The van der Waals surface area contributed by atoms with Crippen LogP contribution in [-0.4, -0.2) is 13.1 Å². The predicted molar refractivity (Wildman–Crippen MR) is 104 cm³/mol. The standard InChI is InChI=1S/C21H25NSi/c1-4-23(5-2,6-3)21-16-20(17-12-8-7-9-13-17)22-19-15-11-10-14-18(19)21/h7-16H,4-6H2,1-3H3. The van der Waals surface area contributed by atoms with Crippen LogP contribution in [0.3, 0.4) is 0 Å². The van der Waals surface area contributed by atoms with E-state index >= 15 is 0 Å². The molecule has 0 aliphatic rings. The normalized spacial score (nSPS) is 11.8. The summed E-state index contributed by atoms with van der Waals surface area (Å²) in [5.41, 5.74) is 3.47. The Labute approximate surface area is 140 Å². The van der Waals surface area contributed by atoms with Gasteiger partial charge in [-0.2, -0.15) is 0 Å². The Bertz CT molecular complexity index is 783. The molecule has 0 aliphatic heterocycles. The smallest absolute Gasteiger partial charge is 0.0869 e. The third-order valence-electron chi connectivity index (χ3n) is 5.39. The highest BCUT2D eigenvalue weighted by molar-refractivity contribution is 6.93.